The topological polar surface area (TPSA) is 0 Å². The van der Waals surface area contributed by atoms with E-state index >= 15 is 0 Å². The van der Waals surface area contributed by atoms with Gasteiger partial charge < -0.3 is 0 Å². The number of rotatable bonds is 4. The molecule has 1 aromatic carbocycles. The third-order valence-electron chi connectivity index (χ3n) is 4.57. The van der Waals surface area contributed by atoms with E-state index in [1.807, 2.05) is 0 Å². The second kappa shape index (κ2) is 4.58. The number of benzene rings is 1. The fourth-order valence-electron chi connectivity index (χ4n) is 3.19. The van der Waals surface area contributed by atoms with Crippen LogP contribution in [0.1, 0.15) is 37.4 Å². The predicted octanol–water partition coefficient (Wildman–Crippen LogP) is 4.84. The highest BCUT2D eigenvalue weighted by atomic mass is 28.3. The van der Waals surface area contributed by atoms with Crippen molar-refractivity contribution in [2.45, 2.75) is 44.4 Å². The van der Waals surface area contributed by atoms with Gasteiger partial charge in [-0.1, -0.05) is 75.3 Å². The van der Waals surface area contributed by atoms with Gasteiger partial charge in [0.2, 0.25) is 0 Å². The van der Waals surface area contributed by atoms with Crippen molar-refractivity contribution < 1.29 is 0 Å². The highest BCUT2D eigenvalue weighted by molar-refractivity contribution is 6.81. The normalized spacial score (nSPS) is 18.8. The average molecular weight is 230 g/mol. The van der Waals surface area contributed by atoms with Gasteiger partial charge in [-0.3, -0.25) is 0 Å². The maximum absolute atomic E-state index is 2.48. The summed E-state index contributed by atoms with van der Waals surface area (Å²) in [5.74, 6) is 0. The quantitative estimate of drug-likeness (QED) is 0.649. The van der Waals surface area contributed by atoms with E-state index in [1.165, 1.54) is 23.7 Å². The molecule has 1 aromatic rings. The molecule has 0 saturated carbocycles. The van der Waals surface area contributed by atoms with Crippen LogP contribution in [0.3, 0.4) is 0 Å². The van der Waals surface area contributed by atoms with Gasteiger partial charge in [0.1, 0.15) is 0 Å². The lowest BCUT2D eigenvalue weighted by Crippen LogP contribution is -2.38. The van der Waals surface area contributed by atoms with Gasteiger partial charge in [-0.05, 0) is 16.7 Å². The maximum Gasteiger partial charge on any atom is 0.0649 e. The van der Waals surface area contributed by atoms with Gasteiger partial charge >= 0.3 is 0 Å². The Balaban J connectivity index is 2.40. The van der Waals surface area contributed by atoms with E-state index in [2.05, 4.69) is 57.2 Å². The van der Waals surface area contributed by atoms with E-state index in [0.29, 0.717) is 0 Å². The van der Waals surface area contributed by atoms with Crippen LogP contribution in [0.4, 0.5) is 0 Å². The number of fused-ring (bicyclic) bond motifs is 1. The standard InChI is InChI=1S/C15H22Si/c1-4-16(5-2,6-3)15-12-11-13-9-7-8-10-14(13)15/h7-12,15H,4-6H2,1-3H3. The van der Waals surface area contributed by atoms with E-state index in [0.717, 1.165) is 5.54 Å². The second-order valence-electron chi connectivity index (χ2n) is 4.89. The molecule has 0 aromatic heterocycles. The summed E-state index contributed by atoms with van der Waals surface area (Å²) < 4.78 is 0. The molecule has 2 rings (SSSR count). The molecular formula is C15H22Si. The predicted molar refractivity (Wildman–Crippen MR) is 75.4 cm³/mol. The Labute approximate surface area is 100 Å². The lowest BCUT2D eigenvalue weighted by molar-refractivity contribution is 1.03. The van der Waals surface area contributed by atoms with Crippen molar-refractivity contribution in [3.63, 3.8) is 0 Å². The largest absolute Gasteiger partial charge is 0.0791 e. The number of allylic oxidation sites excluding steroid dienone is 1. The van der Waals surface area contributed by atoms with Gasteiger partial charge in [-0.25, -0.2) is 0 Å². The highest BCUT2D eigenvalue weighted by Crippen LogP contribution is 2.42. The molecule has 0 radical (unpaired) electrons. The van der Waals surface area contributed by atoms with Crippen LogP contribution in [-0.4, -0.2) is 8.07 Å². The molecule has 1 unspecified atom stereocenters. The fraction of sp³-hybridized carbons (Fsp3) is 0.467. The Morgan fingerprint density at radius 2 is 1.62 bits per heavy atom. The molecule has 0 heterocycles. The summed E-state index contributed by atoms with van der Waals surface area (Å²) >= 11 is 0. The summed E-state index contributed by atoms with van der Waals surface area (Å²) in [5.41, 5.74) is 3.82. The molecule has 1 aliphatic carbocycles. The van der Waals surface area contributed by atoms with Crippen LogP contribution in [0.5, 0.6) is 0 Å². The van der Waals surface area contributed by atoms with Crippen LogP contribution in [0, 0.1) is 0 Å². The fourth-order valence-corrected chi connectivity index (χ4v) is 7.44. The first-order valence-corrected chi connectivity index (χ1v) is 9.24. The minimum Gasteiger partial charge on any atom is -0.0791 e. The Hall–Kier alpha value is -0.823. The molecule has 0 spiro atoms. The van der Waals surface area contributed by atoms with E-state index < -0.39 is 8.07 Å². The Morgan fingerprint density at radius 3 is 2.25 bits per heavy atom. The number of hydrogen-bond donors (Lipinski definition) is 0. The van der Waals surface area contributed by atoms with Crippen LogP contribution in [0.25, 0.3) is 6.08 Å². The van der Waals surface area contributed by atoms with Gasteiger partial charge in [0.05, 0.1) is 8.07 Å². The summed E-state index contributed by atoms with van der Waals surface area (Å²) in [6, 6.07) is 13.2. The minimum absolute atomic E-state index is 0.767. The lowest BCUT2D eigenvalue weighted by atomic mass is 10.1. The average Bonchev–Trinajstić information content (AvgIpc) is 2.77. The molecule has 0 aliphatic heterocycles. The zero-order valence-electron chi connectivity index (χ0n) is 10.7. The summed E-state index contributed by atoms with van der Waals surface area (Å²) in [7, 11) is -1.12. The monoisotopic (exact) mass is 230 g/mol. The van der Waals surface area contributed by atoms with E-state index in [1.54, 1.807) is 5.56 Å². The van der Waals surface area contributed by atoms with Gasteiger partial charge in [-0.15, -0.1) is 0 Å². The number of hydrogen-bond acceptors (Lipinski definition) is 0. The van der Waals surface area contributed by atoms with Crippen molar-refractivity contribution in [3.05, 3.63) is 41.5 Å². The molecule has 0 saturated heterocycles. The Kier molecular flexibility index (Phi) is 3.34. The van der Waals surface area contributed by atoms with Gasteiger partial charge in [0.15, 0.2) is 0 Å². The van der Waals surface area contributed by atoms with Crippen molar-refractivity contribution in [1.29, 1.82) is 0 Å². The van der Waals surface area contributed by atoms with Crippen molar-refractivity contribution in [2.75, 3.05) is 0 Å². The van der Waals surface area contributed by atoms with E-state index in [-0.39, 0.29) is 0 Å². The van der Waals surface area contributed by atoms with Crippen LogP contribution < -0.4 is 0 Å². The highest BCUT2D eigenvalue weighted by Gasteiger charge is 2.38. The van der Waals surface area contributed by atoms with Crippen LogP contribution in [0.15, 0.2) is 30.3 Å². The van der Waals surface area contributed by atoms with Crippen molar-refractivity contribution in [2.24, 2.45) is 0 Å². The molecule has 0 fully saturated rings. The zero-order valence-corrected chi connectivity index (χ0v) is 11.7. The second-order valence-corrected chi connectivity index (χ2v) is 10.4. The molecule has 16 heavy (non-hydrogen) atoms. The van der Waals surface area contributed by atoms with Crippen molar-refractivity contribution in [1.82, 2.24) is 0 Å². The molecule has 0 amide bonds. The zero-order chi connectivity index (χ0) is 11.6. The first-order valence-electron chi connectivity index (χ1n) is 6.54. The van der Waals surface area contributed by atoms with Crippen molar-refractivity contribution in [3.8, 4) is 0 Å². The maximum atomic E-state index is 2.48. The molecule has 0 bridgehead atoms. The molecule has 86 valence electrons. The molecular weight excluding hydrogens is 208 g/mol. The van der Waals surface area contributed by atoms with Gasteiger partial charge in [0.25, 0.3) is 0 Å². The third-order valence-corrected chi connectivity index (χ3v) is 10.6. The third kappa shape index (κ3) is 1.67. The molecule has 1 atom stereocenters. The van der Waals surface area contributed by atoms with E-state index in [4.69, 9.17) is 0 Å². The Bertz CT molecular complexity index is 380. The summed E-state index contributed by atoms with van der Waals surface area (Å²) in [5, 5.41) is 0. The minimum atomic E-state index is -1.12. The molecule has 0 nitrogen and oxygen atoms in total. The SMILES string of the molecule is CC[Si](CC)(CC)C1C=Cc2ccccc21. The summed E-state index contributed by atoms with van der Waals surface area (Å²) in [4.78, 5) is 0. The van der Waals surface area contributed by atoms with Crippen LogP contribution in [-0.2, 0) is 0 Å². The van der Waals surface area contributed by atoms with Crippen LogP contribution >= 0.6 is 0 Å². The molecule has 1 aliphatic rings. The first kappa shape index (κ1) is 11.7. The molecule has 0 N–H and O–H groups in total. The first-order chi connectivity index (χ1) is 7.77. The van der Waals surface area contributed by atoms with Gasteiger partial charge in [0, 0.05) is 0 Å². The van der Waals surface area contributed by atoms with Crippen LogP contribution in [0.2, 0.25) is 18.1 Å². The van der Waals surface area contributed by atoms with E-state index in [9.17, 15) is 0 Å². The van der Waals surface area contributed by atoms with Gasteiger partial charge in [-0.2, -0.15) is 0 Å². The Morgan fingerprint density at radius 1 is 1.00 bits per heavy atom. The smallest absolute Gasteiger partial charge is 0.0649 e. The summed E-state index contributed by atoms with van der Waals surface area (Å²) in [6.07, 6.45) is 4.82. The summed E-state index contributed by atoms with van der Waals surface area (Å²) in [6.45, 7) is 7.19. The molecule has 1 heteroatoms. The lowest BCUT2D eigenvalue weighted by Gasteiger charge is -2.34. The van der Waals surface area contributed by atoms with Crippen molar-refractivity contribution >= 4 is 14.1 Å².